The molecule has 0 aliphatic heterocycles. The molecule has 0 atom stereocenters. The molecule has 0 heterocycles. The topological polar surface area (TPSA) is 63.2 Å². The smallest absolute Gasteiger partial charge is 0.284 e. The predicted molar refractivity (Wildman–Crippen MR) is 34.0 cm³/mol. The Morgan fingerprint density at radius 2 is 2.00 bits per heavy atom. The van der Waals surface area contributed by atoms with E-state index < -0.39 is 18.1 Å². The molecule has 0 aromatic carbocycles. The Hall–Kier alpha value is -0.0861. The molecule has 0 aliphatic rings. The molecule has 4 nitrogen and oxygen atoms in total. The van der Waals surface area contributed by atoms with Crippen LogP contribution < -0.4 is 5.32 Å². The summed E-state index contributed by atoms with van der Waals surface area (Å²) in [6.45, 7) is 2.08. The average Bonchev–Trinajstić information content (AvgIpc) is 1.89. The molecular weight excluding hydrogens is 223 g/mol. The Bertz CT molecular complexity index is 158. The second-order valence-electron chi connectivity index (χ2n) is 1.60. The molecule has 59 valence electrons. The maximum atomic E-state index is 10.5. The van der Waals surface area contributed by atoms with Crippen LogP contribution in [0.2, 0.25) is 0 Å². The van der Waals surface area contributed by atoms with Crippen molar-refractivity contribution in [2.75, 3.05) is 6.54 Å². The number of carbonyl (C=O) groups is 2. The first kappa shape index (κ1) is 13.5. The summed E-state index contributed by atoms with van der Waals surface area (Å²) in [6.07, 6.45) is 0.894. The number of likely N-dealkylation sites (N-methyl/N-ethyl adjacent to an activating group) is 1. The van der Waals surface area contributed by atoms with Gasteiger partial charge >= 0.3 is 0 Å². The SMILES string of the molecule is CCNC(=O)C(=O)C[C-]=O.[Y]. The number of carbonyl (C=O) groups excluding carboxylic acids is 3. The molecule has 0 unspecified atom stereocenters. The number of hydrogen-bond acceptors (Lipinski definition) is 3. The van der Waals surface area contributed by atoms with E-state index in [1.807, 2.05) is 0 Å². The van der Waals surface area contributed by atoms with Gasteiger partial charge in [-0.05, 0) is 6.92 Å². The zero-order valence-corrected chi connectivity index (χ0v) is 9.05. The zero-order chi connectivity index (χ0) is 7.98. The van der Waals surface area contributed by atoms with Crippen LogP contribution in [0.15, 0.2) is 0 Å². The van der Waals surface area contributed by atoms with Crippen molar-refractivity contribution in [3.63, 3.8) is 0 Å². The van der Waals surface area contributed by atoms with Gasteiger partial charge < -0.3 is 10.1 Å². The summed E-state index contributed by atoms with van der Waals surface area (Å²) in [5.74, 6) is -1.46. The fourth-order valence-corrected chi connectivity index (χ4v) is 0.405. The summed E-state index contributed by atoms with van der Waals surface area (Å²) in [4.78, 5) is 30.5. The van der Waals surface area contributed by atoms with Gasteiger partial charge in [-0.2, -0.15) is 0 Å². The zero-order valence-electron chi connectivity index (χ0n) is 6.22. The van der Waals surface area contributed by atoms with E-state index in [1.54, 1.807) is 6.92 Å². The molecule has 0 aromatic heterocycles. The minimum atomic E-state index is -0.739. The van der Waals surface area contributed by atoms with Crippen molar-refractivity contribution in [1.29, 1.82) is 0 Å². The van der Waals surface area contributed by atoms with Crippen molar-refractivity contribution >= 4 is 18.0 Å². The molecule has 1 N–H and O–H groups in total. The molecular formula is C6H8NO3Y-. The first-order chi connectivity index (χ1) is 4.72. The monoisotopic (exact) mass is 231 g/mol. The Morgan fingerprint density at radius 3 is 2.36 bits per heavy atom. The van der Waals surface area contributed by atoms with Gasteiger partial charge in [-0.1, -0.05) is 6.42 Å². The summed E-state index contributed by atoms with van der Waals surface area (Å²) in [7, 11) is 0. The average molecular weight is 231 g/mol. The van der Waals surface area contributed by atoms with Gasteiger partial charge in [0.25, 0.3) is 5.91 Å². The second kappa shape index (κ2) is 8.01. The largest absolute Gasteiger partial charge is 0.541 e. The summed E-state index contributed by atoms with van der Waals surface area (Å²) in [5, 5.41) is 2.26. The van der Waals surface area contributed by atoms with Gasteiger partial charge in [-0.3, -0.25) is 15.9 Å². The van der Waals surface area contributed by atoms with E-state index in [9.17, 15) is 14.4 Å². The fourth-order valence-electron chi connectivity index (χ4n) is 0.405. The maximum absolute atomic E-state index is 10.5. The van der Waals surface area contributed by atoms with Gasteiger partial charge in [-0.25, -0.2) is 0 Å². The Balaban J connectivity index is 0. The van der Waals surface area contributed by atoms with Crippen LogP contribution in [0.25, 0.3) is 0 Å². The number of rotatable bonds is 4. The van der Waals surface area contributed by atoms with Crippen molar-refractivity contribution < 1.29 is 47.1 Å². The Morgan fingerprint density at radius 1 is 1.45 bits per heavy atom. The van der Waals surface area contributed by atoms with Gasteiger partial charge in [-0.15, -0.1) is 0 Å². The summed E-state index contributed by atoms with van der Waals surface area (Å²) in [6, 6.07) is 0. The molecule has 1 amide bonds. The van der Waals surface area contributed by atoms with Crippen LogP contribution in [-0.2, 0) is 47.1 Å². The predicted octanol–water partition coefficient (Wildman–Crippen LogP) is -0.811. The first-order valence-electron chi connectivity index (χ1n) is 2.88. The summed E-state index contributed by atoms with van der Waals surface area (Å²) in [5.41, 5.74) is 0. The van der Waals surface area contributed by atoms with E-state index in [0.717, 1.165) is 0 Å². The molecule has 0 bridgehead atoms. The standard InChI is InChI=1S/C6H8NO3.Y/c1-2-7-6(10)5(9)3-4-8;/h2-3H2,1H3,(H,7,10);/q-1;. The van der Waals surface area contributed by atoms with Gasteiger partial charge in [0.2, 0.25) is 0 Å². The van der Waals surface area contributed by atoms with E-state index in [1.165, 1.54) is 6.29 Å². The quantitative estimate of drug-likeness (QED) is 0.391. The van der Waals surface area contributed by atoms with Crippen molar-refractivity contribution in [2.24, 2.45) is 0 Å². The number of Topliss-reactive ketones (excluding diaryl/α,β-unsaturated/α-hetero) is 1. The Kier molecular flexibility index (Phi) is 9.84. The van der Waals surface area contributed by atoms with Crippen LogP contribution in [0.1, 0.15) is 13.3 Å². The third-order valence-corrected chi connectivity index (χ3v) is 0.823. The molecule has 0 saturated heterocycles. The van der Waals surface area contributed by atoms with Crippen LogP contribution in [0.5, 0.6) is 0 Å². The van der Waals surface area contributed by atoms with Crippen molar-refractivity contribution in [1.82, 2.24) is 5.32 Å². The van der Waals surface area contributed by atoms with Crippen LogP contribution in [0, 0.1) is 0 Å². The number of nitrogens with one attached hydrogen (secondary N) is 1. The molecule has 0 rings (SSSR count). The third-order valence-electron chi connectivity index (χ3n) is 0.823. The number of ketones is 1. The third kappa shape index (κ3) is 6.32. The van der Waals surface area contributed by atoms with Crippen LogP contribution in [0.3, 0.4) is 0 Å². The van der Waals surface area contributed by atoms with Crippen molar-refractivity contribution in [3.05, 3.63) is 0 Å². The number of hydrogen-bond donors (Lipinski definition) is 1. The molecule has 1 radical (unpaired) electrons. The van der Waals surface area contributed by atoms with E-state index in [2.05, 4.69) is 5.32 Å². The molecule has 0 aliphatic carbocycles. The first-order valence-corrected chi connectivity index (χ1v) is 2.88. The van der Waals surface area contributed by atoms with Crippen LogP contribution >= 0.6 is 0 Å². The van der Waals surface area contributed by atoms with E-state index >= 15 is 0 Å². The second-order valence-corrected chi connectivity index (χ2v) is 1.60. The molecule has 0 aromatic rings. The fraction of sp³-hybridized carbons (Fsp3) is 0.500. The van der Waals surface area contributed by atoms with Crippen LogP contribution in [-0.4, -0.2) is 24.5 Å². The summed E-state index contributed by atoms with van der Waals surface area (Å²) < 4.78 is 0. The van der Waals surface area contributed by atoms with E-state index in [4.69, 9.17) is 0 Å². The maximum Gasteiger partial charge on any atom is 0.284 e. The summed E-state index contributed by atoms with van der Waals surface area (Å²) >= 11 is 0. The van der Waals surface area contributed by atoms with Gasteiger partial charge in [0, 0.05) is 39.3 Å². The Labute approximate surface area is 90.0 Å². The van der Waals surface area contributed by atoms with Gasteiger partial charge in [0.15, 0.2) is 5.78 Å². The molecule has 5 heteroatoms. The normalized spacial score (nSPS) is 7.73. The molecule has 0 spiro atoms. The van der Waals surface area contributed by atoms with Crippen molar-refractivity contribution in [3.8, 4) is 0 Å². The molecule has 11 heavy (non-hydrogen) atoms. The van der Waals surface area contributed by atoms with E-state index in [0.29, 0.717) is 6.54 Å². The molecule has 0 fully saturated rings. The number of amides is 1. The minimum absolute atomic E-state index is 0. The van der Waals surface area contributed by atoms with Crippen molar-refractivity contribution in [2.45, 2.75) is 13.3 Å². The van der Waals surface area contributed by atoms with Gasteiger partial charge in [0.05, 0.1) is 0 Å². The van der Waals surface area contributed by atoms with Crippen LogP contribution in [0.4, 0.5) is 0 Å². The van der Waals surface area contributed by atoms with E-state index in [-0.39, 0.29) is 32.7 Å². The molecule has 0 saturated carbocycles. The minimum Gasteiger partial charge on any atom is -0.541 e. The van der Waals surface area contributed by atoms with Gasteiger partial charge in [0.1, 0.15) is 0 Å².